The molecule has 3 nitrogen and oxygen atoms in total. The maximum Gasteiger partial charge on any atom is 0.127 e. The fourth-order valence-electron chi connectivity index (χ4n) is 2.01. The summed E-state index contributed by atoms with van der Waals surface area (Å²) in [5.74, 6) is 2.41. The number of ether oxygens (including phenoxy) is 2. The van der Waals surface area contributed by atoms with Gasteiger partial charge < -0.3 is 15.2 Å². The van der Waals surface area contributed by atoms with E-state index in [2.05, 4.69) is 0 Å². The van der Waals surface area contributed by atoms with Crippen LogP contribution in [0.25, 0.3) is 0 Å². The molecule has 0 aliphatic heterocycles. The predicted octanol–water partition coefficient (Wildman–Crippen LogP) is 3.32. The summed E-state index contributed by atoms with van der Waals surface area (Å²) in [6.45, 7) is 2.77. The largest absolute Gasteiger partial charge is 0.497 e. The average molecular weight is 272 g/mol. The number of nitrogens with two attached hydrogens (primary N) is 1. The Kier molecular flexibility index (Phi) is 5.76. The molecule has 2 rings (SSSR count). The maximum atomic E-state index is 5.94. The van der Waals surface area contributed by atoms with Crippen LogP contribution in [0.3, 0.4) is 0 Å². The zero-order valence-electron chi connectivity index (χ0n) is 11.0. The van der Waals surface area contributed by atoms with Gasteiger partial charge in [0, 0.05) is 17.7 Å². The summed E-state index contributed by atoms with van der Waals surface area (Å²) in [4.78, 5) is 0. The van der Waals surface area contributed by atoms with Gasteiger partial charge in [-0.25, -0.2) is 0 Å². The van der Waals surface area contributed by atoms with E-state index >= 15 is 0 Å². The third-order valence-electron chi connectivity index (χ3n) is 3.41. The molecule has 1 aromatic carbocycles. The fraction of sp³-hybridized carbons (Fsp3) is 0.571. The Morgan fingerprint density at radius 3 is 2.61 bits per heavy atom. The van der Waals surface area contributed by atoms with Crippen LogP contribution in [0, 0.1) is 5.92 Å². The summed E-state index contributed by atoms with van der Waals surface area (Å²) in [6, 6.07) is 5.82. The van der Waals surface area contributed by atoms with Crippen molar-refractivity contribution < 1.29 is 9.47 Å². The van der Waals surface area contributed by atoms with E-state index in [1.54, 1.807) is 7.11 Å². The van der Waals surface area contributed by atoms with E-state index in [-0.39, 0.29) is 18.4 Å². The van der Waals surface area contributed by atoms with Crippen molar-refractivity contribution >= 4 is 12.4 Å². The summed E-state index contributed by atoms with van der Waals surface area (Å²) in [6.07, 6.45) is 3.92. The molecule has 4 heteroatoms. The lowest BCUT2D eigenvalue weighted by Crippen LogP contribution is -2.20. The number of hydrogen-bond acceptors (Lipinski definition) is 3. The molecular weight excluding hydrogens is 250 g/mol. The van der Waals surface area contributed by atoms with E-state index in [1.807, 2.05) is 25.1 Å². The fourth-order valence-corrected chi connectivity index (χ4v) is 2.01. The molecule has 0 saturated heterocycles. The van der Waals surface area contributed by atoms with E-state index in [4.69, 9.17) is 15.2 Å². The monoisotopic (exact) mass is 271 g/mol. The second-order valence-corrected chi connectivity index (χ2v) is 4.80. The minimum Gasteiger partial charge on any atom is -0.497 e. The second kappa shape index (κ2) is 6.86. The molecule has 1 saturated carbocycles. The number of methoxy groups -OCH3 is 1. The van der Waals surface area contributed by atoms with Crippen molar-refractivity contribution in [1.82, 2.24) is 0 Å². The van der Waals surface area contributed by atoms with E-state index in [9.17, 15) is 0 Å². The van der Waals surface area contributed by atoms with Gasteiger partial charge in [-0.1, -0.05) is 12.5 Å². The number of halogens is 1. The topological polar surface area (TPSA) is 44.5 Å². The maximum absolute atomic E-state index is 5.94. The van der Waals surface area contributed by atoms with Crippen molar-refractivity contribution in [3.63, 3.8) is 0 Å². The van der Waals surface area contributed by atoms with Gasteiger partial charge in [0.1, 0.15) is 11.5 Å². The van der Waals surface area contributed by atoms with Gasteiger partial charge in [0.2, 0.25) is 0 Å². The summed E-state index contributed by atoms with van der Waals surface area (Å²) in [7, 11) is 1.66. The van der Waals surface area contributed by atoms with Crippen LogP contribution in [0.15, 0.2) is 18.2 Å². The molecule has 0 aromatic heterocycles. The van der Waals surface area contributed by atoms with Gasteiger partial charge in [0.15, 0.2) is 0 Å². The van der Waals surface area contributed by atoms with Crippen LogP contribution < -0.4 is 15.2 Å². The third kappa shape index (κ3) is 3.53. The number of benzene rings is 1. The molecule has 0 heterocycles. The molecule has 0 bridgehead atoms. The molecule has 2 N–H and O–H groups in total. The van der Waals surface area contributed by atoms with Crippen LogP contribution >= 0.6 is 12.4 Å². The molecule has 0 amide bonds. The molecule has 102 valence electrons. The average Bonchev–Trinajstić information content (AvgIpc) is 2.26. The Labute approximate surface area is 115 Å². The summed E-state index contributed by atoms with van der Waals surface area (Å²) < 4.78 is 11.1. The van der Waals surface area contributed by atoms with Crippen LogP contribution in [0.2, 0.25) is 0 Å². The SMILES string of the molecule is COc1ccc([C@H](C)N)c(OCC2CCC2)c1.Cl. The zero-order chi connectivity index (χ0) is 12.3. The van der Waals surface area contributed by atoms with Gasteiger partial charge in [0.05, 0.1) is 13.7 Å². The van der Waals surface area contributed by atoms with Crippen LogP contribution in [-0.2, 0) is 0 Å². The van der Waals surface area contributed by atoms with Crippen molar-refractivity contribution in [3.05, 3.63) is 23.8 Å². The smallest absolute Gasteiger partial charge is 0.127 e. The summed E-state index contributed by atoms with van der Waals surface area (Å²) in [5.41, 5.74) is 6.98. The molecule has 0 unspecified atom stereocenters. The molecule has 1 atom stereocenters. The van der Waals surface area contributed by atoms with Crippen molar-refractivity contribution in [2.24, 2.45) is 11.7 Å². The lowest BCUT2D eigenvalue weighted by molar-refractivity contribution is 0.178. The van der Waals surface area contributed by atoms with Gasteiger partial charge in [-0.15, -0.1) is 12.4 Å². The standard InChI is InChI=1S/C14H21NO2.ClH/c1-10(15)13-7-6-12(16-2)8-14(13)17-9-11-4-3-5-11;/h6-8,10-11H,3-5,9,15H2,1-2H3;1H/t10-;/m0./s1. The Morgan fingerprint density at radius 2 is 2.11 bits per heavy atom. The highest BCUT2D eigenvalue weighted by atomic mass is 35.5. The van der Waals surface area contributed by atoms with Crippen LogP contribution in [0.4, 0.5) is 0 Å². The van der Waals surface area contributed by atoms with Crippen molar-refractivity contribution in [2.75, 3.05) is 13.7 Å². The van der Waals surface area contributed by atoms with Gasteiger partial charge in [-0.3, -0.25) is 0 Å². The minimum atomic E-state index is -0.0164. The van der Waals surface area contributed by atoms with Crippen molar-refractivity contribution in [3.8, 4) is 11.5 Å². The highest BCUT2D eigenvalue weighted by molar-refractivity contribution is 5.85. The Balaban J connectivity index is 0.00000162. The minimum absolute atomic E-state index is 0. The Bertz CT molecular complexity index is 378. The molecular formula is C14H22ClNO2. The van der Waals surface area contributed by atoms with Crippen LogP contribution in [0.1, 0.15) is 37.8 Å². The Hall–Kier alpha value is -0.930. The van der Waals surface area contributed by atoms with Crippen LogP contribution in [0.5, 0.6) is 11.5 Å². The Morgan fingerprint density at radius 1 is 1.39 bits per heavy atom. The van der Waals surface area contributed by atoms with Crippen molar-refractivity contribution in [2.45, 2.75) is 32.2 Å². The molecule has 0 radical (unpaired) electrons. The molecule has 1 aliphatic rings. The first kappa shape index (κ1) is 15.1. The summed E-state index contributed by atoms with van der Waals surface area (Å²) >= 11 is 0. The van der Waals surface area contributed by atoms with E-state index in [0.717, 1.165) is 29.6 Å². The first-order valence-corrected chi connectivity index (χ1v) is 6.27. The number of hydrogen-bond donors (Lipinski definition) is 1. The molecule has 1 fully saturated rings. The number of rotatable bonds is 5. The van der Waals surface area contributed by atoms with Crippen molar-refractivity contribution in [1.29, 1.82) is 0 Å². The van der Waals surface area contributed by atoms with Crippen LogP contribution in [-0.4, -0.2) is 13.7 Å². The van der Waals surface area contributed by atoms with Gasteiger partial charge >= 0.3 is 0 Å². The lowest BCUT2D eigenvalue weighted by Gasteiger charge is -2.26. The van der Waals surface area contributed by atoms with E-state index in [0.29, 0.717) is 0 Å². The lowest BCUT2D eigenvalue weighted by atomic mass is 9.86. The second-order valence-electron chi connectivity index (χ2n) is 4.80. The first-order chi connectivity index (χ1) is 8.20. The highest BCUT2D eigenvalue weighted by Gasteiger charge is 2.19. The van der Waals surface area contributed by atoms with Gasteiger partial charge in [-0.05, 0) is 31.7 Å². The normalized spacial score (nSPS) is 16.4. The summed E-state index contributed by atoms with van der Waals surface area (Å²) in [5, 5.41) is 0. The third-order valence-corrected chi connectivity index (χ3v) is 3.41. The molecule has 0 spiro atoms. The van der Waals surface area contributed by atoms with Gasteiger partial charge in [-0.2, -0.15) is 0 Å². The predicted molar refractivity (Wildman–Crippen MR) is 75.7 cm³/mol. The first-order valence-electron chi connectivity index (χ1n) is 6.27. The van der Waals surface area contributed by atoms with E-state index in [1.165, 1.54) is 19.3 Å². The zero-order valence-corrected chi connectivity index (χ0v) is 11.8. The molecule has 1 aliphatic carbocycles. The quantitative estimate of drug-likeness (QED) is 0.894. The highest BCUT2D eigenvalue weighted by Crippen LogP contribution is 2.31. The van der Waals surface area contributed by atoms with E-state index < -0.39 is 0 Å². The molecule has 1 aromatic rings. The molecule has 18 heavy (non-hydrogen) atoms. The van der Waals surface area contributed by atoms with Gasteiger partial charge in [0.25, 0.3) is 0 Å².